The van der Waals surface area contributed by atoms with Gasteiger partial charge in [0.15, 0.2) is 17.6 Å². The van der Waals surface area contributed by atoms with Crippen LogP contribution in [0.15, 0.2) is 47.7 Å². The first-order valence-corrected chi connectivity index (χ1v) is 7.18. The lowest BCUT2D eigenvalue weighted by Crippen LogP contribution is -2.27. The van der Waals surface area contributed by atoms with Gasteiger partial charge >= 0.3 is 0 Å². The molecule has 0 radical (unpaired) electrons. The minimum Gasteiger partial charge on any atom is -0.493 e. The van der Waals surface area contributed by atoms with Gasteiger partial charge in [-0.15, -0.1) is 0 Å². The average Bonchev–Trinajstić information content (AvgIpc) is 2.63. The largest absolute Gasteiger partial charge is 0.493 e. The van der Waals surface area contributed by atoms with Gasteiger partial charge in [-0.25, -0.2) is 5.43 Å². The molecule has 0 fully saturated rings. The molecule has 1 N–H and O–H groups in total. The minimum atomic E-state index is -0.825. The van der Waals surface area contributed by atoms with Gasteiger partial charge in [-0.2, -0.15) is 5.10 Å². The van der Waals surface area contributed by atoms with E-state index in [1.807, 2.05) is 0 Å². The molecule has 0 saturated heterocycles. The van der Waals surface area contributed by atoms with E-state index in [2.05, 4.69) is 15.5 Å². The maximum absolute atomic E-state index is 12.2. The second kappa shape index (κ2) is 8.64. The van der Waals surface area contributed by atoms with E-state index in [0.29, 0.717) is 17.2 Å². The van der Waals surface area contributed by atoms with Gasteiger partial charge in [-0.3, -0.25) is 9.78 Å². The summed E-state index contributed by atoms with van der Waals surface area (Å²) in [5.41, 5.74) is 3.70. The van der Waals surface area contributed by atoms with E-state index < -0.39 is 12.0 Å². The molecule has 1 atom stereocenters. The van der Waals surface area contributed by atoms with Crippen molar-refractivity contribution < 1.29 is 19.0 Å². The van der Waals surface area contributed by atoms with Crippen LogP contribution in [-0.2, 0) is 9.53 Å². The highest BCUT2D eigenvalue weighted by molar-refractivity contribution is 5.85. The Bertz CT molecular complexity index is 704. The lowest BCUT2D eigenvalue weighted by molar-refractivity contribution is -0.131. The van der Waals surface area contributed by atoms with Gasteiger partial charge in [0.05, 0.1) is 26.1 Å². The minimum absolute atomic E-state index is 0.409. The summed E-state index contributed by atoms with van der Waals surface area (Å²) in [6.07, 6.45) is 2.28. The molecule has 7 nitrogen and oxygen atoms in total. The predicted octanol–water partition coefficient (Wildman–Crippen LogP) is 1.94. The summed E-state index contributed by atoms with van der Waals surface area (Å²) in [5.74, 6) is 0.789. The van der Waals surface area contributed by atoms with Crippen LogP contribution >= 0.6 is 0 Å². The fourth-order valence-corrected chi connectivity index (χ4v) is 2.06. The first-order valence-electron chi connectivity index (χ1n) is 7.18. The topological polar surface area (TPSA) is 82.0 Å². The number of amides is 1. The second-order valence-electron chi connectivity index (χ2n) is 4.72. The third-order valence-corrected chi connectivity index (χ3v) is 3.23. The molecule has 2 rings (SSSR count). The van der Waals surface area contributed by atoms with Crippen LogP contribution in [0.3, 0.4) is 0 Å². The summed E-state index contributed by atoms with van der Waals surface area (Å²) in [6, 6.07) is 10.6. The van der Waals surface area contributed by atoms with Gasteiger partial charge in [-0.05, 0) is 35.9 Å². The smallest absolute Gasteiger partial charge is 0.275 e. The maximum Gasteiger partial charge on any atom is 0.275 e. The number of pyridine rings is 1. The maximum atomic E-state index is 12.2. The Morgan fingerprint density at radius 3 is 2.58 bits per heavy atom. The van der Waals surface area contributed by atoms with Crippen molar-refractivity contribution in [2.75, 3.05) is 21.3 Å². The second-order valence-corrected chi connectivity index (χ2v) is 4.72. The molecule has 1 amide bonds. The summed E-state index contributed by atoms with van der Waals surface area (Å²) < 4.78 is 15.6. The van der Waals surface area contributed by atoms with Gasteiger partial charge < -0.3 is 14.2 Å². The van der Waals surface area contributed by atoms with Crippen LogP contribution in [0.1, 0.15) is 17.4 Å². The average molecular weight is 329 g/mol. The quantitative estimate of drug-likeness (QED) is 0.620. The molecule has 0 bridgehead atoms. The van der Waals surface area contributed by atoms with Crippen molar-refractivity contribution in [2.45, 2.75) is 6.10 Å². The highest BCUT2D eigenvalue weighted by atomic mass is 16.5. The Hall–Kier alpha value is -2.93. The van der Waals surface area contributed by atoms with Gasteiger partial charge in [0, 0.05) is 13.3 Å². The van der Waals surface area contributed by atoms with Gasteiger partial charge in [-0.1, -0.05) is 6.07 Å². The van der Waals surface area contributed by atoms with E-state index in [1.165, 1.54) is 13.3 Å². The fraction of sp³-hybridized carbons (Fsp3) is 0.235. The van der Waals surface area contributed by atoms with Crippen molar-refractivity contribution in [1.82, 2.24) is 10.4 Å². The molecule has 1 aromatic carbocycles. The Morgan fingerprint density at radius 1 is 1.17 bits per heavy atom. The van der Waals surface area contributed by atoms with Crippen LogP contribution in [0, 0.1) is 0 Å². The summed E-state index contributed by atoms with van der Waals surface area (Å²) in [5, 5.41) is 3.94. The van der Waals surface area contributed by atoms with E-state index in [1.54, 1.807) is 56.8 Å². The number of nitrogens with one attached hydrogen (secondary N) is 1. The molecule has 1 aromatic heterocycles. The highest BCUT2D eigenvalue weighted by Gasteiger charge is 2.20. The van der Waals surface area contributed by atoms with E-state index in [0.717, 1.165) is 5.56 Å². The molecule has 7 heteroatoms. The number of nitrogens with zero attached hydrogens (tertiary/aromatic N) is 2. The van der Waals surface area contributed by atoms with Gasteiger partial charge in [0.2, 0.25) is 0 Å². The summed E-state index contributed by atoms with van der Waals surface area (Å²) in [4.78, 5) is 16.3. The summed E-state index contributed by atoms with van der Waals surface area (Å²) in [6.45, 7) is 0. The Labute approximate surface area is 140 Å². The van der Waals surface area contributed by atoms with Crippen LogP contribution < -0.4 is 14.9 Å². The lowest BCUT2D eigenvalue weighted by Gasteiger charge is -2.12. The van der Waals surface area contributed by atoms with Crippen molar-refractivity contribution in [3.05, 3.63) is 53.9 Å². The number of hydrazone groups is 1. The number of carbonyl (C=O) groups is 1. The lowest BCUT2D eigenvalue weighted by atomic mass is 10.2. The number of ether oxygens (including phenoxy) is 3. The van der Waals surface area contributed by atoms with Crippen LogP contribution in [-0.4, -0.2) is 38.4 Å². The molecule has 24 heavy (non-hydrogen) atoms. The normalized spacial score (nSPS) is 12.0. The molecule has 0 saturated carbocycles. The Morgan fingerprint density at radius 2 is 1.96 bits per heavy atom. The van der Waals surface area contributed by atoms with Crippen molar-refractivity contribution in [3.63, 3.8) is 0 Å². The van der Waals surface area contributed by atoms with E-state index in [9.17, 15) is 4.79 Å². The number of rotatable bonds is 7. The molecule has 0 aliphatic rings. The van der Waals surface area contributed by atoms with E-state index in [4.69, 9.17) is 14.2 Å². The van der Waals surface area contributed by atoms with Crippen molar-refractivity contribution in [1.29, 1.82) is 0 Å². The number of carbonyl (C=O) groups excluding carboxylic acids is 1. The molecule has 0 aliphatic carbocycles. The molecule has 126 valence electrons. The zero-order chi connectivity index (χ0) is 17.4. The molecular weight excluding hydrogens is 310 g/mol. The summed E-state index contributed by atoms with van der Waals surface area (Å²) in [7, 11) is 4.56. The molecule has 0 aliphatic heterocycles. The third kappa shape index (κ3) is 4.30. The van der Waals surface area contributed by atoms with Crippen molar-refractivity contribution in [2.24, 2.45) is 5.10 Å². The van der Waals surface area contributed by atoms with Gasteiger partial charge in [0.25, 0.3) is 5.91 Å². The number of aromatic nitrogens is 1. The fourth-order valence-electron chi connectivity index (χ4n) is 2.06. The predicted molar refractivity (Wildman–Crippen MR) is 89.3 cm³/mol. The molecule has 1 heterocycles. The number of methoxy groups -OCH3 is 3. The molecule has 1 unspecified atom stereocenters. The van der Waals surface area contributed by atoms with Crippen LogP contribution in [0.5, 0.6) is 11.5 Å². The Balaban J connectivity index is 2.04. The zero-order valence-electron chi connectivity index (χ0n) is 13.7. The van der Waals surface area contributed by atoms with E-state index in [-0.39, 0.29) is 0 Å². The monoisotopic (exact) mass is 329 g/mol. The molecular formula is C17H19N3O4. The number of hydrogen-bond acceptors (Lipinski definition) is 6. The summed E-state index contributed by atoms with van der Waals surface area (Å²) >= 11 is 0. The Kier molecular flexibility index (Phi) is 6.27. The van der Waals surface area contributed by atoms with Crippen molar-refractivity contribution in [3.8, 4) is 11.5 Å². The third-order valence-electron chi connectivity index (χ3n) is 3.23. The zero-order valence-corrected chi connectivity index (χ0v) is 13.7. The highest BCUT2D eigenvalue weighted by Crippen LogP contribution is 2.26. The van der Waals surface area contributed by atoms with Crippen LogP contribution in [0.2, 0.25) is 0 Å². The first-order chi connectivity index (χ1) is 11.7. The first kappa shape index (κ1) is 17.4. The van der Waals surface area contributed by atoms with E-state index >= 15 is 0 Å². The standard InChI is InChI=1S/C17H19N3O4/c1-22-14-8-7-12(10-15(14)23-2)11-19-20-17(21)16(24-3)13-6-4-5-9-18-13/h4-11,16H,1-3H3,(H,20,21). The number of benzene rings is 1. The number of hydrogen-bond donors (Lipinski definition) is 1. The van der Waals surface area contributed by atoms with Crippen LogP contribution in [0.4, 0.5) is 0 Å². The van der Waals surface area contributed by atoms with Crippen molar-refractivity contribution >= 4 is 12.1 Å². The molecule has 0 spiro atoms. The van der Waals surface area contributed by atoms with Crippen LogP contribution in [0.25, 0.3) is 0 Å². The van der Waals surface area contributed by atoms with Gasteiger partial charge in [0.1, 0.15) is 0 Å². The molecule has 2 aromatic rings. The SMILES string of the molecule is COc1ccc(C=NNC(=O)C(OC)c2ccccn2)cc1OC.